The van der Waals surface area contributed by atoms with E-state index in [1.54, 1.807) is 0 Å². The van der Waals surface area contributed by atoms with Crippen molar-refractivity contribution in [1.29, 1.82) is 0 Å². The Bertz CT molecular complexity index is 1010. The lowest BCUT2D eigenvalue weighted by Crippen LogP contribution is -2.43. The van der Waals surface area contributed by atoms with Gasteiger partial charge < -0.3 is 0 Å². The van der Waals surface area contributed by atoms with E-state index in [1.165, 1.54) is 12.1 Å². The van der Waals surface area contributed by atoms with Crippen LogP contribution in [0.5, 0.6) is 0 Å². The Balaban J connectivity index is 2.72. The number of benzene rings is 2. The predicted molar refractivity (Wildman–Crippen MR) is 130 cm³/mol. The van der Waals surface area contributed by atoms with Gasteiger partial charge in [-0.15, -0.1) is 12.0 Å². The highest BCUT2D eigenvalue weighted by atomic mass is 79.9. The second-order valence-corrected chi connectivity index (χ2v) is 15.2. The molecule has 31 heavy (non-hydrogen) atoms. The highest BCUT2D eigenvalue weighted by Crippen LogP contribution is 2.41. The summed E-state index contributed by atoms with van der Waals surface area (Å²) in [6.45, 7) is 13.5. The van der Waals surface area contributed by atoms with Crippen LogP contribution in [0, 0.1) is 23.8 Å². The van der Waals surface area contributed by atoms with Crippen LogP contribution in [0.15, 0.2) is 40.9 Å². The second-order valence-electron chi connectivity index (χ2n) is 8.74. The minimum atomic E-state index is -4.37. The van der Waals surface area contributed by atoms with Crippen LogP contribution in [0.25, 0.3) is 11.1 Å². The molecule has 0 atom stereocenters. The molecule has 0 spiro atoms. The van der Waals surface area contributed by atoms with Crippen LogP contribution in [0.4, 0.5) is 13.2 Å². The fourth-order valence-corrected chi connectivity index (χ4v) is 10.1. The lowest BCUT2D eigenvalue weighted by atomic mass is 9.97. The summed E-state index contributed by atoms with van der Waals surface area (Å²) in [6, 6.07) is 8.86. The Labute approximate surface area is 193 Å². The van der Waals surface area contributed by atoms with Gasteiger partial charge in [0.2, 0.25) is 0 Å². The monoisotopic (exact) mass is 504 g/mol. The fraction of sp³-hybridized carbons (Fsp3) is 0.385. The quantitative estimate of drug-likeness (QED) is 0.288. The van der Waals surface area contributed by atoms with Gasteiger partial charge in [-0.3, -0.25) is 0 Å². The maximum Gasteiger partial charge on any atom is 0.416 e. The van der Waals surface area contributed by atoms with Gasteiger partial charge in [0, 0.05) is 15.6 Å². The molecule has 0 fully saturated rings. The fourth-order valence-electron chi connectivity index (χ4n) is 4.47. The molecule has 0 aliphatic heterocycles. The summed E-state index contributed by atoms with van der Waals surface area (Å²) in [6.07, 6.45) is 1.26. The molecule has 2 rings (SSSR count). The molecule has 164 valence electrons. The smallest absolute Gasteiger partial charge is 0.166 e. The zero-order valence-corrected chi connectivity index (χ0v) is 21.4. The van der Waals surface area contributed by atoms with E-state index in [-0.39, 0.29) is 0 Å². The summed E-state index contributed by atoms with van der Waals surface area (Å²) in [7, 11) is -1.97. The molecular weight excluding hydrogens is 477 g/mol. The van der Waals surface area contributed by atoms with E-state index in [4.69, 9.17) is 6.42 Å². The number of halogens is 4. The highest BCUT2D eigenvalue weighted by Gasteiger charge is 2.41. The molecule has 0 N–H and O–H groups in total. The number of terminal acetylenes is 1. The molecule has 0 unspecified atom stereocenters. The van der Waals surface area contributed by atoms with Gasteiger partial charge in [0.1, 0.15) is 8.07 Å². The zero-order valence-electron chi connectivity index (χ0n) is 18.8. The molecule has 0 heterocycles. The Kier molecular flexibility index (Phi) is 7.90. The van der Waals surface area contributed by atoms with E-state index in [0.29, 0.717) is 27.8 Å². The molecule has 0 aromatic heterocycles. The number of alkyl halides is 3. The van der Waals surface area contributed by atoms with Crippen molar-refractivity contribution in [3.8, 4) is 34.9 Å². The van der Waals surface area contributed by atoms with Crippen molar-refractivity contribution < 1.29 is 13.2 Å². The standard InChI is InChI=1S/C26H28BrF3Si/c1-8-20-15-24(21-9-11-23(12-10-21)26(28,29)30)22(16-25(20)27)13-14-31(17(2)3,18(4)5)19(6)7/h1,9-12,15-19H,2-7H3. The van der Waals surface area contributed by atoms with Gasteiger partial charge in [0.05, 0.1) is 5.56 Å². The average molecular weight is 505 g/mol. The maximum absolute atomic E-state index is 13.0. The largest absolute Gasteiger partial charge is 0.416 e. The van der Waals surface area contributed by atoms with Crippen molar-refractivity contribution in [2.24, 2.45) is 0 Å². The number of rotatable bonds is 4. The first kappa shape index (κ1) is 25.3. The minimum absolute atomic E-state index is 0.475. The molecule has 0 aliphatic carbocycles. The topological polar surface area (TPSA) is 0 Å². The van der Waals surface area contributed by atoms with Crippen LogP contribution >= 0.6 is 15.9 Å². The first-order chi connectivity index (χ1) is 14.3. The molecule has 0 aliphatic rings. The zero-order chi connectivity index (χ0) is 23.6. The van der Waals surface area contributed by atoms with Gasteiger partial charge in [-0.2, -0.15) is 13.2 Å². The van der Waals surface area contributed by atoms with Crippen LogP contribution in [-0.2, 0) is 6.18 Å². The van der Waals surface area contributed by atoms with E-state index in [2.05, 4.69) is 74.9 Å². The number of hydrogen-bond donors (Lipinski definition) is 0. The van der Waals surface area contributed by atoms with Crippen LogP contribution < -0.4 is 0 Å². The van der Waals surface area contributed by atoms with E-state index in [1.807, 2.05) is 12.1 Å². The van der Waals surface area contributed by atoms with Crippen molar-refractivity contribution >= 4 is 24.0 Å². The first-order valence-corrected chi connectivity index (χ1v) is 13.4. The molecule has 0 bridgehead atoms. The van der Waals surface area contributed by atoms with Gasteiger partial charge >= 0.3 is 6.18 Å². The van der Waals surface area contributed by atoms with E-state index in [9.17, 15) is 13.2 Å². The van der Waals surface area contributed by atoms with E-state index < -0.39 is 19.8 Å². The van der Waals surface area contributed by atoms with Crippen molar-refractivity contribution in [3.05, 3.63) is 57.6 Å². The highest BCUT2D eigenvalue weighted by molar-refractivity contribution is 9.10. The van der Waals surface area contributed by atoms with E-state index in [0.717, 1.165) is 27.7 Å². The summed E-state index contributed by atoms with van der Waals surface area (Å²) in [5.41, 5.74) is 7.26. The van der Waals surface area contributed by atoms with Crippen LogP contribution in [0.2, 0.25) is 16.6 Å². The number of hydrogen-bond acceptors (Lipinski definition) is 0. The molecule has 2 aromatic carbocycles. The van der Waals surface area contributed by atoms with Gasteiger partial charge in [-0.25, -0.2) is 0 Å². The Hall–Kier alpha value is -1.95. The molecule has 0 nitrogen and oxygen atoms in total. The van der Waals surface area contributed by atoms with Crippen LogP contribution in [0.1, 0.15) is 58.2 Å². The Morgan fingerprint density at radius 3 is 1.81 bits per heavy atom. The predicted octanol–water partition coefficient (Wildman–Crippen LogP) is 8.69. The molecule has 5 heteroatoms. The molecule has 2 aromatic rings. The molecular formula is C26H28BrF3Si. The molecule has 0 amide bonds. The third-order valence-corrected chi connectivity index (χ3v) is 13.0. The SMILES string of the molecule is C#Cc1cc(-c2ccc(C(F)(F)F)cc2)c(C#C[Si](C(C)C)(C(C)C)C(C)C)cc1Br. The van der Waals surface area contributed by atoms with Crippen molar-refractivity contribution in [3.63, 3.8) is 0 Å². The first-order valence-electron chi connectivity index (χ1n) is 10.4. The van der Waals surface area contributed by atoms with Gasteiger partial charge in [-0.1, -0.05) is 65.5 Å². The van der Waals surface area contributed by atoms with Gasteiger partial charge in [-0.05, 0) is 67.9 Å². The second kappa shape index (κ2) is 9.68. The van der Waals surface area contributed by atoms with Crippen molar-refractivity contribution in [1.82, 2.24) is 0 Å². The molecule has 0 saturated heterocycles. The van der Waals surface area contributed by atoms with Crippen LogP contribution in [-0.4, -0.2) is 8.07 Å². The average Bonchev–Trinajstić information content (AvgIpc) is 2.67. The summed E-state index contributed by atoms with van der Waals surface area (Å²) in [5.74, 6) is 6.05. The molecule has 0 saturated carbocycles. The van der Waals surface area contributed by atoms with Gasteiger partial charge in [0.25, 0.3) is 0 Å². The third kappa shape index (κ3) is 5.28. The van der Waals surface area contributed by atoms with Crippen molar-refractivity contribution in [2.75, 3.05) is 0 Å². The minimum Gasteiger partial charge on any atom is -0.166 e. The normalized spacial score (nSPS) is 12.1. The van der Waals surface area contributed by atoms with Crippen LogP contribution in [0.3, 0.4) is 0 Å². The summed E-state index contributed by atoms with van der Waals surface area (Å²) < 4.78 is 39.8. The lowest BCUT2D eigenvalue weighted by molar-refractivity contribution is -0.137. The maximum atomic E-state index is 13.0. The summed E-state index contributed by atoms with van der Waals surface area (Å²) in [4.78, 5) is 0. The summed E-state index contributed by atoms with van der Waals surface area (Å²) >= 11 is 3.51. The lowest BCUT2D eigenvalue weighted by Gasteiger charge is -2.38. The summed E-state index contributed by atoms with van der Waals surface area (Å²) in [5, 5.41) is 0. The molecule has 0 radical (unpaired) electrons. The van der Waals surface area contributed by atoms with Crippen molar-refractivity contribution in [2.45, 2.75) is 64.3 Å². The Morgan fingerprint density at radius 1 is 0.871 bits per heavy atom. The van der Waals surface area contributed by atoms with Gasteiger partial charge in [0.15, 0.2) is 0 Å². The third-order valence-electron chi connectivity index (χ3n) is 6.07. The Morgan fingerprint density at radius 2 is 1.39 bits per heavy atom. The van der Waals surface area contributed by atoms with E-state index >= 15 is 0 Å².